The molecule has 11 heteroatoms. The van der Waals surface area contributed by atoms with Crippen molar-refractivity contribution in [3.05, 3.63) is 0 Å². The quantitative estimate of drug-likeness (QED) is 0.140. The molecule has 1 aliphatic heterocycles. The van der Waals surface area contributed by atoms with Gasteiger partial charge in [0.05, 0.1) is 19.3 Å². The molecule has 1 heterocycles. The SMILES string of the molecule is COCOC[C@]1(C)O[C@]2(C(C)=O)[C@H](OCOC)[C@H]1C[C@@H](OC(C)=O)[C@@]2(C=O)C(=O)OC. The molecule has 2 rings (SSSR count). The third kappa shape index (κ3) is 3.89. The van der Waals surface area contributed by atoms with E-state index >= 15 is 0 Å². The van der Waals surface area contributed by atoms with Crippen LogP contribution in [0, 0.1) is 11.3 Å². The molecule has 1 saturated heterocycles. The van der Waals surface area contributed by atoms with Crippen molar-refractivity contribution in [2.24, 2.45) is 11.3 Å². The number of ether oxygens (including phenoxy) is 7. The van der Waals surface area contributed by atoms with Crippen LogP contribution in [-0.4, -0.2) is 88.9 Å². The third-order valence-electron chi connectivity index (χ3n) is 6.03. The zero-order valence-corrected chi connectivity index (χ0v) is 18.6. The number of hydrogen-bond acceptors (Lipinski definition) is 11. The summed E-state index contributed by atoms with van der Waals surface area (Å²) in [5, 5.41) is 0. The zero-order chi connectivity index (χ0) is 23.4. The Balaban J connectivity index is 2.75. The fraction of sp³-hybridized carbons (Fsp3) is 0.800. The highest BCUT2D eigenvalue weighted by Crippen LogP contribution is 2.61. The van der Waals surface area contributed by atoms with Crippen LogP contribution in [0.15, 0.2) is 0 Å². The van der Waals surface area contributed by atoms with Gasteiger partial charge in [-0.2, -0.15) is 0 Å². The van der Waals surface area contributed by atoms with E-state index < -0.39 is 52.5 Å². The first-order valence-electron chi connectivity index (χ1n) is 9.71. The maximum absolute atomic E-state index is 13.2. The fourth-order valence-corrected chi connectivity index (χ4v) is 4.86. The van der Waals surface area contributed by atoms with Crippen LogP contribution in [0.1, 0.15) is 27.2 Å². The largest absolute Gasteiger partial charge is 0.468 e. The molecular formula is C20H30O11. The fourth-order valence-electron chi connectivity index (χ4n) is 4.86. The molecule has 0 aromatic carbocycles. The Morgan fingerprint density at radius 1 is 1.10 bits per heavy atom. The average Bonchev–Trinajstić information content (AvgIpc) is 2.91. The van der Waals surface area contributed by atoms with Gasteiger partial charge in [0, 0.05) is 27.1 Å². The van der Waals surface area contributed by atoms with Crippen LogP contribution in [0.25, 0.3) is 0 Å². The Morgan fingerprint density at radius 3 is 2.23 bits per heavy atom. The van der Waals surface area contributed by atoms with Crippen molar-refractivity contribution in [3.8, 4) is 0 Å². The summed E-state index contributed by atoms with van der Waals surface area (Å²) in [6.07, 6.45) is -2.17. The van der Waals surface area contributed by atoms with Gasteiger partial charge in [-0.15, -0.1) is 0 Å². The number of carbonyl (C=O) groups excluding carboxylic acids is 4. The van der Waals surface area contributed by atoms with Crippen LogP contribution in [0.4, 0.5) is 0 Å². The van der Waals surface area contributed by atoms with Gasteiger partial charge in [-0.3, -0.25) is 14.4 Å². The van der Waals surface area contributed by atoms with Crippen LogP contribution in [0.2, 0.25) is 0 Å². The van der Waals surface area contributed by atoms with Gasteiger partial charge in [0.1, 0.15) is 32.1 Å². The lowest BCUT2D eigenvalue weighted by Crippen LogP contribution is -2.72. The summed E-state index contributed by atoms with van der Waals surface area (Å²) < 4.78 is 37.8. The van der Waals surface area contributed by atoms with E-state index in [1.807, 2.05) is 0 Å². The minimum atomic E-state index is -2.30. The number of rotatable bonds is 11. The van der Waals surface area contributed by atoms with E-state index in [0.717, 1.165) is 14.0 Å². The number of methoxy groups -OCH3 is 3. The molecule has 11 nitrogen and oxygen atoms in total. The molecule has 0 N–H and O–H groups in total. The number of ketones is 1. The minimum absolute atomic E-state index is 0.0241. The maximum Gasteiger partial charge on any atom is 0.326 e. The summed E-state index contributed by atoms with van der Waals surface area (Å²) in [5.41, 5.74) is -5.64. The lowest BCUT2D eigenvalue weighted by Gasteiger charge is -2.50. The second kappa shape index (κ2) is 9.70. The molecule has 1 saturated carbocycles. The van der Waals surface area contributed by atoms with Crippen LogP contribution >= 0.6 is 0 Å². The number of esters is 2. The van der Waals surface area contributed by atoms with Crippen molar-refractivity contribution >= 4 is 24.0 Å². The van der Waals surface area contributed by atoms with Gasteiger partial charge < -0.3 is 38.0 Å². The molecule has 2 aliphatic rings. The molecule has 2 bridgehead atoms. The highest BCUT2D eigenvalue weighted by molar-refractivity contribution is 6.05. The van der Waals surface area contributed by atoms with E-state index in [-0.39, 0.29) is 32.9 Å². The van der Waals surface area contributed by atoms with Gasteiger partial charge in [0.2, 0.25) is 0 Å². The molecule has 0 amide bonds. The first-order valence-corrected chi connectivity index (χ1v) is 9.71. The highest BCUT2D eigenvalue weighted by Gasteiger charge is 2.81. The van der Waals surface area contributed by atoms with Crippen LogP contribution in [-0.2, 0) is 52.3 Å². The highest BCUT2D eigenvalue weighted by atomic mass is 16.7. The van der Waals surface area contributed by atoms with Crippen LogP contribution in [0.3, 0.4) is 0 Å². The average molecular weight is 446 g/mol. The Morgan fingerprint density at radius 2 is 1.74 bits per heavy atom. The number of hydrogen-bond donors (Lipinski definition) is 0. The maximum atomic E-state index is 13.2. The molecule has 0 unspecified atom stereocenters. The molecule has 31 heavy (non-hydrogen) atoms. The Kier molecular flexibility index (Phi) is 7.93. The zero-order valence-electron chi connectivity index (χ0n) is 18.6. The van der Waals surface area contributed by atoms with Crippen molar-refractivity contribution in [3.63, 3.8) is 0 Å². The molecular weight excluding hydrogens is 416 g/mol. The van der Waals surface area contributed by atoms with Gasteiger partial charge in [-0.25, -0.2) is 0 Å². The summed E-state index contributed by atoms with van der Waals surface area (Å²) >= 11 is 0. The van der Waals surface area contributed by atoms with Crippen molar-refractivity contribution in [1.82, 2.24) is 0 Å². The predicted octanol–water partition coefficient (Wildman–Crippen LogP) is 0.0226. The van der Waals surface area contributed by atoms with E-state index in [1.54, 1.807) is 6.92 Å². The number of fused-ring (bicyclic) bond motifs is 2. The smallest absolute Gasteiger partial charge is 0.326 e. The number of carbonyl (C=O) groups is 4. The third-order valence-corrected chi connectivity index (χ3v) is 6.03. The Labute approximate surface area is 180 Å². The minimum Gasteiger partial charge on any atom is -0.468 e. The Bertz CT molecular complexity index is 709. The van der Waals surface area contributed by atoms with E-state index in [1.165, 1.54) is 21.1 Å². The predicted molar refractivity (Wildman–Crippen MR) is 102 cm³/mol. The van der Waals surface area contributed by atoms with E-state index in [4.69, 9.17) is 33.2 Å². The number of aldehydes is 1. The lowest BCUT2D eigenvalue weighted by molar-refractivity contribution is -0.237. The normalized spacial score (nSPS) is 36.6. The molecule has 0 radical (unpaired) electrons. The van der Waals surface area contributed by atoms with Crippen molar-refractivity contribution in [1.29, 1.82) is 0 Å². The topological polar surface area (TPSA) is 133 Å². The molecule has 0 spiro atoms. The monoisotopic (exact) mass is 446 g/mol. The molecule has 1 aliphatic carbocycles. The first-order chi connectivity index (χ1) is 14.6. The van der Waals surface area contributed by atoms with Gasteiger partial charge in [0.25, 0.3) is 0 Å². The Hall–Kier alpha value is -1.92. The summed E-state index contributed by atoms with van der Waals surface area (Å²) in [5.74, 6) is -3.07. The van der Waals surface area contributed by atoms with E-state index in [2.05, 4.69) is 0 Å². The summed E-state index contributed by atoms with van der Waals surface area (Å²) in [7, 11) is 3.91. The van der Waals surface area contributed by atoms with Gasteiger partial charge in [-0.1, -0.05) is 0 Å². The van der Waals surface area contributed by atoms with Crippen LogP contribution < -0.4 is 0 Å². The summed E-state index contributed by atoms with van der Waals surface area (Å²) in [6, 6.07) is 0. The van der Waals surface area contributed by atoms with Crippen LogP contribution in [0.5, 0.6) is 0 Å². The molecule has 2 fully saturated rings. The second-order valence-electron chi connectivity index (χ2n) is 7.87. The van der Waals surface area contributed by atoms with E-state index in [9.17, 15) is 19.2 Å². The summed E-state index contributed by atoms with van der Waals surface area (Å²) in [6.45, 7) is 3.67. The lowest BCUT2D eigenvalue weighted by atomic mass is 9.56. The van der Waals surface area contributed by atoms with Crippen molar-refractivity contribution in [2.45, 2.75) is 50.6 Å². The van der Waals surface area contributed by atoms with Crippen molar-refractivity contribution < 1.29 is 52.3 Å². The standard InChI is InChI=1S/C20H30O11/c1-12(22)20-16(29-11-26-5)14(18(3,31-20)9-28-10-25-4)7-15(30-13(2)23)19(20,8-21)17(24)27-6/h8,14-16H,7,9-11H2,1-6H3/t14-,15-,16-,18+,19+,20-/m1/s1. The van der Waals surface area contributed by atoms with Gasteiger partial charge >= 0.3 is 11.9 Å². The van der Waals surface area contributed by atoms with Crippen molar-refractivity contribution in [2.75, 3.05) is 41.5 Å². The molecule has 176 valence electrons. The second-order valence-corrected chi connectivity index (χ2v) is 7.87. The van der Waals surface area contributed by atoms with E-state index in [0.29, 0.717) is 0 Å². The molecule has 6 atom stereocenters. The number of Topliss-reactive ketones (excluding diaryl/α,β-unsaturated/α-hetero) is 1. The first kappa shape index (κ1) is 25.3. The van der Waals surface area contributed by atoms with Gasteiger partial charge in [-0.05, 0) is 20.3 Å². The molecule has 0 aromatic heterocycles. The van der Waals surface area contributed by atoms with Gasteiger partial charge in [0.15, 0.2) is 16.8 Å². The molecule has 0 aromatic rings. The summed E-state index contributed by atoms with van der Waals surface area (Å²) in [4.78, 5) is 50.7.